The molecule has 1 saturated heterocycles. The van der Waals surface area contributed by atoms with Crippen molar-refractivity contribution in [3.63, 3.8) is 0 Å². The lowest BCUT2D eigenvalue weighted by Gasteiger charge is -2.07. The number of non-ortho nitro benzene ring substituents is 1. The highest BCUT2D eigenvalue weighted by atomic mass is 32.2. The van der Waals surface area contributed by atoms with Gasteiger partial charge < -0.3 is 4.74 Å². The summed E-state index contributed by atoms with van der Waals surface area (Å²) in [5.74, 6) is -0.677. The third kappa shape index (κ3) is 3.06. The van der Waals surface area contributed by atoms with E-state index >= 15 is 0 Å². The van der Waals surface area contributed by atoms with Gasteiger partial charge in [0.2, 0.25) is 10.0 Å². The van der Waals surface area contributed by atoms with Gasteiger partial charge in [0.15, 0.2) is 0 Å². The first-order valence-electron chi connectivity index (χ1n) is 7.70. The van der Waals surface area contributed by atoms with Gasteiger partial charge in [0.1, 0.15) is 6.04 Å². The van der Waals surface area contributed by atoms with E-state index in [0.717, 1.165) is 9.87 Å². The van der Waals surface area contributed by atoms with Crippen LogP contribution in [0.5, 0.6) is 0 Å². The molecular weight excluding hydrogens is 360 g/mol. The SMILES string of the molecule is COC(=O)[C@H]1[C@@H](c2ccc([N+](=O)[O-])cc2)N1S(=O)(=O)c1ccc(C)cc1. The van der Waals surface area contributed by atoms with Crippen molar-refractivity contribution in [2.24, 2.45) is 0 Å². The molecule has 26 heavy (non-hydrogen) atoms. The van der Waals surface area contributed by atoms with Crippen LogP contribution in [0.2, 0.25) is 0 Å². The molecule has 0 spiro atoms. The van der Waals surface area contributed by atoms with E-state index in [1.807, 2.05) is 6.92 Å². The number of nitrogens with zero attached hydrogens (tertiary/aromatic N) is 2. The molecule has 0 aromatic heterocycles. The Balaban J connectivity index is 1.97. The summed E-state index contributed by atoms with van der Waals surface area (Å²) in [5, 5.41) is 10.8. The highest BCUT2D eigenvalue weighted by molar-refractivity contribution is 7.89. The van der Waals surface area contributed by atoms with Crippen molar-refractivity contribution in [2.45, 2.75) is 23.9 Å². The summed E-state index contributed by atoms with van der Waals surface area (Å²) in [6.07, 6.45) is 0. The van der Waals surface area contributed by atoms with Crippen LogP contribution in [0.15, 0.2) is 53.4 Å². The van der Waals surface area contributed by atoms with E-state index in [1.165, 1.54) is 43.5 Å². The largest absolute Gasteiger partial charge is 0.468 e. The van der Waals surface area contributed by atoms with Crippen molar-refractivity contribution in [1.29, 1.82) is 0 Å². The predicted octanol–water partition coefficient (Wildman–Crippen LogP) is 2.19. The highest BCUT2D eigenvalue weighted by Gasteiger charge is 2.61. The topological polar surface area (TPSA) is 107 Å². The summed E-state index contributed by atoms with van der Waals surface area (Å²) in [6.45, 7) is 1.84. The highest BCUT2D eigenvalue weighted by Crippen LogP contribution is 2.48. The minimum absolute atomic E-state index is 0.0708. The van der Waals surface area contributed by atoms with E-state index in [2.05, 4.69) is 0 Å². The number of hydrogen-bond acceptors (Lipinski definition) is 6. The molecule has 8 nitrogen and oxygen atoms in total. The number of methoxy groups -OCH3 is 1. The van der Waals surface area contributed by atoms with Gasteiger partial charge in [-0.3, -0.25) is 14.9 Å². The van der Waals surface area contributed by atoms with Gasteiger partial charge in [-0.05, 0) is 24.6 Å². The fourth-order valence-electron chi connectivity index (χ4n) is 2.82. The first kappa shape index (κ1) is 18.0. The van der Waals surface area contributed by atoms with Gasteiger partial charge in [0.05, 0.1) is 23.0 Å². The van der Waals surface area contributed by atoms with Crippen molar-refractivity contribution in [3.8, 4) is 0 Å². The minimum atomic E-state index is -3.91. The normalized spacial score (nSPS) is 21.8. The van der Waals surface area contributed by atoms with Crippen LogP contribution in [0.3, 0.4) is 0 Å². The summed E-state index contributed by atoms with van der Waals surface area (Å²) >= 11 is 0. The first-order chi connectivity index (χ1) is 12.3. The lowest BCUT2D eigenvalue weighted by atomic mass is 10.1. The zero-order valence-corrected chi connectivity index (χ0v) is 14.8. The molecule has 1 aliphatic rings. The second-order valence-corrected chi connectivity index (χ2v) is 7.75. The van der Waals surface area contributed by atoms with Gasteiger partial charge >= 0.3 is 5.97 Å². The number of ether oxygens (including phenoxy) is 1. The van der Waals surface area contributed by atoms with Crippen LogP contribution in [0.25, 0.3) is 0 Å². The molecule has 0 bridgehead atoms. The smallest absolute Gasteiger partial charge is 0.326 e. The van der Waals surface area contributed by atoms with Crippen LogP contribution in [-0.2, 0) is 19.6 Å². The quantitative estimate of drug-likeness (QED) is 0.343. The molecule has 136 valence electrons. The van der Waals surface area contributed by atoms with E-state index in [4.69, 9.17) is 4.74 Å². The Labute approximate surface area is 150 Å². The van der Waals surface area contributed by atoms with E-state index in [1.54, 1.807) is 12.1 Å². The van der Waals surface area contributed by atoms with Gasteiger partial charge in [0, 0.05) is 12.1 Å². The Hall–Kier alpha value is -2.78. The van der Waals surface area contributed by atoms with Crippen LogP contribution < -0.4 is 0 Å². The van der Waals surface area contributed by atoms with Crippen LogP contribution >= 0.6 is 0 Å². The number of hydrogen-bond donors (Lipinski definition) is 0. The summed E-state index contributed by atoms with van der Waals surface area (Å²) in [5.41, 5.74) is 1.28. The van der Waals surface area contributed by atoms with Gasteiger partial charge in [-0.15, -0.1) is 0 Å². The molecule has 9 heteroatoms. The number of aryl methyl sites for hydroxylation is 1. The number of esters is 1. The van der Waals surface area contributed by atoms with Crippen LogP contribution in [-0.4, -0.2) is 36.8 Å². The Kier molecular flexibility index (Phi) is 4.51. The maximum Gasteiger partial charge on any atom is 0.326 e. The second kappa shape index (κ2) is 6.50. The molecule has 1 heterocycles. The lowest BCUT2D eigenvalue weighted by molar-refractivity contribution is -0.384. The molecule has 0 radical (unpaired) electrons. The number of carbonyl (C=O) groups excluding carboxylic acids is 1. The van der Waals surface area contributed by atoms with E-state index in [0.29, 0.717) is 5.56 Å². The van der Waals surface area contributed by atoms with Crippen molar-refractivity contribution in [2.75, 3.05) is 7.11 Å². The standard InChI is InChI=1S/C17H16N2O6S/c1-11-3-9-14(10-4-11)26(23,24)18-15(16(18)17(20)25-2)12-5-7-13(8-6-12)19(21)22/h3-10,15-16H,1-2H3/t15-,16-,18?/m1/s1. The van der Waals surface area contributed by atoms with E-state index in [9.17, 15) is 23.3 Å². The Morgan fingerprint density at radius 2 is 1.69 bits per heavy atom. The zero-order chi connectivity index (χ0) is 19.1. The molecule has 0 N–H and O–H groups in total. The summed E-state index contributed by atoms with van der Waals surface area (Å²) in [7, 11) is -2.73. The van der Waals surface area contributed by atoms with Crippen molar-refractivity contribution >= 4 is 21.7 Å². The number of nitro groups is 1. The number of carbonyl (C=O) groups is 1. The summed E-state index contributed by atoms with van der Waals surface area (Å²) in [6, 6.07) is 10.00. The molecule has 1 fully saturated rings. The van der Waals surface area contributed by atoms with E-state index < -0.39 is 33.0 Å². The Morgan fingerprint density at radius 3 is 2.19 bits per heavy atom. The fourth-order valence-corrected chi connectivity index (χ4v) is 4.52. The van der Waals surface area contributed by atoms with E-state index in [-0.39, 0.29) is 10.6 Å². The minimum Gasteiger partial charge on any atom is -0.468 e. The molecule has 0 aliphatic carbocycles. The molecule has 2 aromatic carbocycles. The molecule has 0 saturated carbocycles. The second-order valence-electron chi connectivity index (χ2n) is 5.91. The third-order valence-electron chi connectivity index (χ3n) is 4.24. The first-order valence-corrected chi connectivity index (χ1v) is 9.14. The number of rotatable bonds is 5. The summed E-state index contributed by atoms with van der Waals surface area (Å²) in [4.78, 5) is 22.3. The molecule has 1 aliphatic heterocycles. The molecule has 0 amide bonds. The fraction of sp³-hybridized carbons (Fsp3) is 0.235. The zero-order valence-electron chi connectivity index (χ0n) is 14.0. The average Bonchev–Trinajstić information content (AvgIpc) is 3.38. The van der Waals surface area contributed by atoms with Crippen LogP contribution in [0.4, 0.5) is 5.69 Å². The molecule has 2 aromatic rings. The number of benzene rings is 2. The molecular formula is C17H16N2O6S. The van der Waals surface area contributed by atoms with Crippen molar-refractivity contribution in [3.05, 3.63) is 69.8 Å². The monoisotopic (exact) mass is 376 g/mol. The molecule has 1 unspecified atom stereocenters. The number of sulfonamides is 1. The summed E-state index contributed by atoms with van der Waals surface area (Å²) < 4.78 is 31.6. The average molecular weight is 376 g/mol. The third-order valence-corrected chi connectivity index (χ3v) is 6.12. The molecule has 3 atom stereocenters. The maximum atomic E-state index is 12.9. The van der Waals surface area contributed by atoms with Crippen LogP contribution in [0, 0.1) is 17.0 Å². The maximum absolute atomic E-state index is 12.9. The molecule has 3 rings (SSSR count). The van der Waals surface area contributed by atoms with Crippen molar-refractivity contribution in [1.82, 2.24) is 4.31 Å². The van der Waals surface area contributed by atoms with Crippen molar-refractivity contribution < 1.29 is 22.9 Å². The van der Waals surface area contributed by atoms with Gasteiger partial charge in [-0.1, -0.05) is 29.8 Å². The Morgan fingerprint density at radius 1 is 1.12 bits per heavy atom. The van der Waals surface area contributed by atoms with Crippen LogP contribution in [0.1, 0.15) is 17.2 Å². The van der Waals surface area contributed by atoms with Gasteiger partial charge in [-0.2, -0.15) is 4.31 Å². The van der Waals surface area contributed by atoms with Gasteiger partial charge in [-0.25, -0.2) is 8.42 Å². The number of nitro benzene ring substituents is 1. The predicted molar refractivity (Wildman–Crippen MR) is 91.8 cm³/mol. The Bertz CT molecular complexity index is 954. The van der Waals surface area contributed by atoms with Gasteiger partial charge in [0.25, 0.3) is 5.69 Å². The lowest BCUT2D eigenvalue weighted by Crippen LogP contribution is -2.20.